The average molecular weight is 378 g/mol. The van der Waals surface area contributed by atoms with Crippen molar-refractivity contribution >= 4 is 23.2 Å². The van der Waals surface area contributed by atoms with E-state index in [1.165, 1.54) is 11.3 Å². The molecule has 2 atom stereocenters. The van der Waals surface area contributed by atoms with E-state index in [0.29, 0.717) is 25.3 Å². The highest BCUT2D eigenvalue weighted by atomic mass is 32.1. The first-order chi connectivity index (χ1) is 13.2. The van der Waals surface area contributed by atoms with Crippen LogP contribution in [0.4, 0.5) is 0 Å². The minimum Gasteiger partial charge on any atom is -0.337 e. The van der Waals surface area contributed by atoms with Crippen LogP contribution in [0.2, 0.25) is 0 Å². The third-order valence-corrected chi connectivity index (χ3v) is 6.21. The van der Waals surface area contributed by atoms with E-state index in [2.05, 4.69) is 4.98 Å². The largest absolute Gasteiger partial charge is 0.337 e. The van der Waals surface area contributed by atoms with Crippen molar-refractivity contribution in [2.24, 2.45) is 0 Å². The van der Waals surface area contributed by atoms with Crippen LogP contribution >= 0.6 is 11.3 Å². The Balaban J connectivity index is 1.48. The van der Waals surface area contributed by atoms with Crippen LogP contribution in [0.3, 0.4) is 0 Å². The van der Waals surface area contributed by atoms with Gasteiger partial charge >= 0.3 is 0 Å². The summed E-state index contributed by atoms with van der Waals surface area (Å²) in [6.45, 7) is 1.60. The molecule has 27 heavy (non-hydrogen) atoms. The zero-order chi connectivity index (χ0) is 18.4. The molecule has 1 fully saturated rings. The number of pyridine rings is 1. The van der Waals surface area contributed by atoms with Gasteiger partial charge in [0, 0.05) is 25.5 Å². The molecule has 0 unspecified atom stereocenters. The minimum absolute atomic E-state index is 0.00248. The molecule has 7 heteroatoms. The molecule has 3 aromatic heterocycles. The molecular formula is C20H18N4O2S. The van der Waals surface area contributed by atoms with Gasteiger partial charge in [-0.15, -0.1) is 11.3 Å². The van der Waals surface area contributed by atoms with E-state index in [1.54, 1.807) is 6.20 Å². The predicted molar refractivity (Wildman–Crippen MR) is 102 cm³/mol. The third-order valence-electron chi connectivity index (χ3n) is 5.35. The van der Waals surface area contributed by atoms with E-state index >= 15 is 0 Å². The summed E-state index contributed by atoms with van der Waals surface area (Å²) in [7, 11) is 0. The molecule has 5 rings (SSSR count). The average Bonchev–Trinajstić information content (AvgIpc) is 3.45. The smallest absolute Gasteiger partial charge is 0.271 e. The topological polar surface area (TPSA) is 58.4 Å². The molecular weight excluding hydrogens is 360 g/mol. The van der Waals surface area contributed by atoms with Crippen molar-refractivity contribution in [1.82, 2.24) is 19.4 Å². The molecule has 0 spiro atoms. The monoisotopic (exact) mass is 378 g/mol. The number of fused-ring (bicyclic) bond motifs is 3. The lowest BCUT2D eigenvalue weighted by atomic mass is 10.1. The van der Waals surface area contributed by atoms with Crippen molar-refractivity contribution in [3.05, 3.63) is 76.5 Å². The number of likely N-dealkylation sites (tertiary alicyclic amines) is 1. The highest BCUT2D eigenvalue weighted by Crippen LogP contribution is 2.35. The number of hydrogen-bond donors (Lipinski definition) is 0. The number of carbonyl (C=O) groups is 2. The summed E-state index contributed by atoms with van der Waals surface area (Å²) in [5.74, 6) is 0.0377. The fourth-order valence-corrected chi connectivity index (χ4v) is 4.78. The Bertz CT molecular complexity index is 983. The van der Waals surface area contributed by atoms with Gasteiger partial charge in [0.05, 0.1) is 29.2 Å². The number of carbonyl (C=O) groups excluding carboxylic acids is 2. The second-order valence-electron chi connectivity index (χ2n) is 6.88. The van der Waals surface area contributed by atoms with Gasteiger partial charge in [-0.3, -0.25) is 14.6 Å². The van der Waals surface area contributed by atoms with Gasteiger partial charge in [-0.2, -0.15) is 0 Å². The summed E-state index contributed by atoms with van der Waals surface area (Å²) >= 11 is 1.45. The van der Waals surface area contributed by atoms with Gasteiger partial charge in [0.25, 0.3) is 11.8 Å². The Morgan fingerprint density at radius 3 is 2.78 bits per heavy atom. The van der Waals surface area contributed by atoms with Gasteiger partial charge in [-0.1, -0.05) is 12.1 Å². The van der Waals surface area contributed by atoms with Crippen molar-refractivity contribution in [2.45, 2.75) is 18.6 Å². The van der Waals surface area contributed by atoms with E-state index in [-0.39, 0.29) is 23.9 Å². The van der Waals surface area contributed by atoms with E-state index in [0.717, 1.165) is 10.6 Å². The van der Waals surface area contributed by atoms with Crippen LogP contribution in [0, 0.1) is 0 Å². The van der Waals surface area contributed by atoms with Gasteiger partial charge in [-0.05, 0) is 35.7 Å². The van der Waals surface area contributed by atoms with Crippen molar-refractivity contribution in [3.63, 3.8) is 0 Å². The Morgan fingerprint density at radius 2 is 2.00 bits per heavy atom. The molecule has 0 radical (unpaired) electrons. The first kappa shape index (κ1) is 16.3. The molecule has 6 nitrogen and oxygen atoms in total. The number of aromatic nitrogens is 2. The quantitative estimate of drug-likeness (QED) is 0.704. The highest BCUT2D eigenvalue weighted by Gasteiger charge is 2.46. The fraction of sp³-hybridized carbons (Fsp3) is 0.250. The minimum atomic E-state index is -0.0525. The van der Waals surface area contributed by atoms with Crippen molar-refractivity contribution in [3.8, 4) is 0 Å². The first-order valence-corrected chi connectivity index (χ1v) is 9.81. The second-order valence-corrected chi connectivity index (χ2v) is 7.82. The lowest BCUT2D eigenvalue weighted by Gasteiger charge is -2.37. The van der Waals surface area contributed by atoms with Crippen molar-refractivity contribution in [2.75, 3.05) is 13.1 Å². The van der Waals surface area contributed by atoms with Gasteiger partial charge in [-0.25, -0.2) is 0 Å². The SMILES string of the molecule is O=C(c1cccs1)N1C[C@@H]2[C@H](C1)N(Cc1ccccn1)C(=O)c1cccn12. The third kappa shape index (κ3) is 2.66. The molecule has 0 aromatic carbocycles. The lowest BCUT2D eigenvalue weighted by Crippen LogP contribution is -2.50. The maximum Gasteiger partial charge on any atom is 0.271 e. The van der Waals surface area contributed by atoms with Gasteiger partial charge < -0.3 is 14.4 Å². The molecule has 0 N–H and O–H groups in total. The van der Waals surface area contributed by atoms with Crippen LogP contribution in [0.15, 0.2) is 60.2 Å². The van der Waals surface area contributed by atoms with Crippen LogP contribution in [-0.4, -0.2) is 50.3 Å². The van der Waals surface area contributed by atoms with Gasteiger partial charge in [0.15, 0.2) is 0 Å². The van der Waals surface area contributed by atoms with Gasteiger partial charge in [0.1, 0.15) is 5.69 Å². The number of thiophene rings is 1. The fourth-order valence-electron chi connectivity index (χ4n) is 4.09. The number of nitrogens with zero attached hydrogens (tertiary/aromatic N) is 4. The molecule has 3 aromatic rings. The lowest BCUT2D eigenvalue weighted by molar-refractivity contribution is 0.0547. The Kier molecular flexibility index (Phi) is 3.82. The summed E-state index contributed by atoms with van der Waals surface area (Å²) in [5, 5.41) is 1.91. The van der Waals surface area contributed by atoms with E-state index in [9.17, 15) is 9.59 Å². The molecule has 2 aliphatic rings. The van der Waals surface area contributed by atoms with Crippen LogP contribution in [-0.2, 0) is 6.54 Å². The van der Waals surface area contributed by atoms with Crippen LogP contribution in [0.1, 0.15) is 31.9 Å². The number of rotatable bonds is 3. The molecule has 5 heterocycles. The maximum atomic E-state index is 13.1. The normalized spacial score (nSPS) is 21.3. The van der Waals surface area contributed by atoms with Crippen LogP contribution in [0.5, 0.6) is 0 Å². The molecule has 2 aliphatic heterocycles. The molecule has 1 saturated heterocycles. The zero-order valence-corrected chi connectivity index (χ0v) is 15.4. The summed E-state index contributed by atoms with van der Waals surface area (Å²) in [6.07, 6.45) is 3.69. The van der Waals surface area contributed by atoms with Crippen LogP contribution < -0.4 is 0 Å². The van der Waals surface area contributed by atoms with E-state index in [1.807, 2.05) is 68.4 Å². The number of amides is 2. The summed E-state index contributed by atoms with van der Waals surface area (Å²) < 4.78 is 2.03. The maximum absolute atomic E-state index is 13.1. The summed E-state index contributed by atoms with van der Waals surface area (Å²) in [6, 6.07) is 13.2. The molecule has 136 valence electrons. The Morgan fingerprint density at radius 1 is 1.11 bits per heavy atom. The summed E-state index contributed by atoms with van der Waals surface area (Å²) in [4.78, 5) is 34.8. The molecule has 0 saturated carbocycles. The zero-order valence-electron chi connectivity index (χ0n) is 14.6. The van der Waals surface area contributed by atoms with E-state index in [4.69, 9.17) is 0 Å². The van der Waals surface area contributed by atoms with Gasteiger partial charge in [0.2, 0.25) is 0 Å². The summed E-state index contributed by atoms with van der Waals surface area (Å²) in [5.41, 5.74) is 1.53. The standard InChI is InChI=1S/C20H18N4O2S/c25-19-15-6-3-9-23(15)16-12-22(20(26)18-7-4-10-27-18)13-17(16)24(19)11-14-5-1-2-8-21-14/h1-10,16-17H,11-13H2/t16-,17+/m1/s1. The second kappa shape index (κ2) is 6.35. The molecule has 0 bridgehead atoms. The predicted octanol–water partition coefficient (Wildman–Crippen LogP) is 2.67. The highest BCUT2D eigenvalue weighted by molar-refractivity contribution is 7.12. The van der Waals surface area contributed by atoms with E-state index < -0.39 is 0 Å². The van der Waals surface area contributed by atoms with Crippen molar-refractivity contribution in [1.29, 1.82) is 0 Å². The molecule has 2 amide bonds. The Labute approximate surface area is 160 Å². The molecule has 0 aliphatic carbocycles. The number of hydrogen-bond acceptors (Lipinski definition) is 4. The van der Waals surface area contributed by atoms with Crippen LogP contribution in [0.25, 0.3) is 0 Å². The Hall–Kier alpha value is -2.93. The first-order valence-electron chi connectivity index (χ1n) is 8.93. The van der Waals surface area contributed by atoms with Crippen molar-refractivity contribution < 1.29 is 9.59 Å².